The maximum atomic E-state index is 15.0. The van der Waals surface area contributed by atoms with Crippen molar-refractivity contribution < 1.29 is 32.4 Å². The first kappa shape index (κ1) is 44.0. The van der Waals surface area contributed by atoms with Gasteiger partial charge in [-0.05, 0) is 72.6 Å². The van der Waals surface area contributed by atoms with Crippen molar-refractivity contribution in [3.05, 3.63) is 30.2 Å². The van der Waals surface area contributed by atoms with Crippen molar-refractivity contribution in [3.63, 3.8) is 0 Å². The van der Waals surface area contributed by atoms with Crippen molar-refractivity contribution in [2.75, 3.05) is 26.7 Å². The SMILES string of the molecule is C#CCCC(NC(=O)[C@@H]1[C@H]2CCC[C@H]2CN1C(=O)[C@@H](NC(=O)N[C@H](CN(C)S(=O)(=O)c1cccs1)C(C)(C)CC)C1(C)CCCCC1)C(=O)C(=O)NCC=C. The van der Waals surface area contributed by atoms with Crippen molar-refractivity contribution >= 4 is 50.9 Å². The lowest BCUT2D eigenvalue weighted by atomic mass is 9.70. The fourth-order valence-corrected chi connectivity index (χ4v) is 10.8. The second-order valence-electron chi connectivity index (χ2n) is 16.3. The number of rotatable bonds is 18. The number of thiophene rings is 1. The van der Waals surface area contributed by atoms with Crippen molar-refractivity contribution in [1.82, 2.24) is 30.5 Å². The van der Waals surface area contributed by atoms with Crippen LogP contribution in [0.5, 0.6) is 0 Å². The highest BCUT2D eigenvalue weighted by Gasteiger charge is 2.53. The molecule has 1 saturated heterocycles. The Kier molecular flexibility index (Phi) is 15.1. The molecular formula is C40H60N6O7S2. The first-order valence-electron chi connectivity index (χ1n) is 19.5. The van der Waals surface area contributed by atoms with E-state index in [-0.39, 0.29) is 47.9 Å². The Morgan fingerprint density at radius 1 is 1.13 bits per heavy atom. The van der Waals surface area contributed by atoms with Gasteiger partial charge in [0.2, 0.25) is 17.6 Å². The highest BCUT2D eigenvalue weighted by Crippen LogP contribution is 2.45. The zero-order valence-electron chi connectivity index (χ0n) is 33.0. The summed E-state index contributed by atoms with van der Waals surface area (Å²) in [5, 5.41) is 13.0. The highest BCUT2D eigenvalue weighted by molar-refractivity contribution is 7.91. The number of likely N-dealkylation sites (N-methyl/N-ethyl adjacent to an activating group) is 1. The van der Waals surface area contributed by atoms with Gasteiger partial charge in [-0.15, -0.1) is 30.3 Å². The van der Waals surface area contributed by atoms with Crippen LogP contribution in [0.4, 0.5) is 4.79 Å². The summed E-state index contributed by atoms with van der Waals surface area (Å²) in [6.45, 7) is 11.9. The molecule has 2 saturated carbocycles. The summed E-state index contributed by atoms with van der Waals surface area (Å²) in [4.78, 5) is 70.8. The molecule has 2 heterocycles. The number of terminal acetylenes is 1. The first-order chi connectivity index (χ1) is 26.0. The molecule has 1 unspecified atom stereocenters. The minimum Gasteiger partial charge on any atom is -0.346 e. The molecule has 1 aromatic heterocycles. The topological polar surface area (TPSA) is 174 Å². The average molecular weight is 801 g/mol. The standard InChI is InChI=1S/C40H60N6O7S2/c1-8-11-19-29(33(47)36(49)41-23-9-2)42-35(48)32-28-18-15-17-27(28)25-46(32)37(50)34(40(6)21-13-12-14-22-40)44-38(51)43-30(39(4,5)10-3)26-45(7)55(52,53)31-20-16-24-54-31/h1,9,16,20,24,27-30,32,34H,2,10-15,17-19,21-23,25-26H2,3-7H3,(H,41,49)(H,42,48)(H2,43,44,51)/t27-,28-,29?,30+,32-,34+/m0/s1. The quantitative estimate of drug-likeness (QED) is 0.0978. The summed E-state index contributed by atoms with van der Waals surface area (Å²) in [6.07, 6.45) is 14.4. The van der Waals surface area contributed by atoms with E-state index >= 15 is 0 Å². The molecule has 3 aliphatic rings. The summed E-state index contributed by atoms with van der Waals surface area (Å²) in [5.74, 6) is -0.182. The normalized spacial score (nSPS) is 22.4. The van der Waals surface area contributed by atoms with Gasteiger partial charge in [0.25, 0.3) is 15.9 Å². The molecule has 304 valence electrons. The molecule has 6 atom stereocenters. The zero-order valence-corrected chi connectivity index (χ0v) is 34.7. The van der Waals surface area contributed by atoms with Gasteiger partial charge in [0.15, 0.2) is 0 Å². The van der Waals surface area contributed by atoms with Crippen LogP contribution in [-0.4, -0.2) is 98.0 Å². The predicted molar refractivity (Wildman–Crippen MR) is 213 cm³/mol. The molecule has 0 spiro atoms. The number of urea groups is 1. The van der Waals surface area contributed by atoms with Crippen LogP contribution in [0, 0.1) is 35.0 Å². The van der Waals surface area contributed by atoms with E-state index in [1.165, 1.54) is 17.4 Å². The van der Waals surface area contributed by atoms with Gasteiger partial charge in [-0.3, -0.25) is 19.2 Å². The molecule has 0 radical (unpaired) electrons. The van der Waals surface area contributed by atoms with E-state index in [2.05, 4.69) is 33.8 Å². The van der Waals surface area contributed by atoms with Crippen molar-refractivity contribution in [2.45, 2.75) is 127 Å². The summed E-state index contributed by atoms with van der Waals surface area (Å²) in [6, 6.07) is -1.04. The Bertz CT molecular complexity index is 1700. The highest BCUT2D eigenvalue weighted by atomic mass is 32.2. The van der Waals surface area contributed by atoms with Crippen LogP contribution in [0.2, 0.25) is 0 Å². The minimum absolute atomic E-state index is 0.00722. The summed E-state index contributed by atoms with van der Waals surface area (Å²) >= 11 is 1.13. The Morgan fingerprint density at radius 2 is 1.84 bits per heavy atom. The van der Waals surface area contributed by atoms with Crippen LogP contribution in [0.25, 0.3) is 0 Å². The second-order valence-corrected chi connectivity index (χ2v) is 19.6. The molecular weight excluding hydrogens is 741 g/mol. The number of fused-ring (bicyclic) bond motifs is 1. The van der Waals surface area contributed by atoms with Gasteiger partial charge in [-0.25, -0.2) is 13.2 Å². The zero-order chi connectivity index (χ0) is 40.6. The Hall–Kier alpha value is -3.74. The number of carbonyl (C=O) groups excluding carboxylic acids is 5. The fourth-order valence-electron chi connectivity index (χ4n) is 8.36. The maximum Gasteiger partial charge on any atom is 0.315 e. The molecule has 3 fully saturated rings. The maximum absolute atomic E-state index is 15.0. The average Bonchev–Trinajstić information content (AvgIpc) is 3.93. The third-order valence-corrected chi connectivity index (χ3v) is 15.5. The smallest absolute Gasteiger partial charge is 0.315 e. The van der Waals surface area contributed by atoms with Crippen LogP contribution in [0.1, 0.15) is 98.3 Å². The molecule has 15 heteroatoms. The number of carbonyl (C=O) groups is 5. The number of nitrogens with zero attached hydrogens (tertiary/aromatic N) is 2. The van der Waals surface area contributed by atoms with Crippen LogP contribution in [-0.2, 0) is 29.2 Å². The van der Waals surface area contributed by atoms with Gasteiger partial charge in [0.05, 0.1) is 6.04 Å². The molecule has 4 N–H and O–H groups in total. The number of hydrogen-bond donors (Lipinski definition) is 4. The summed E-state index contributed by atoms with van der Waals surface area (Å²) in [5.41, 5.74) is -1.13. The van der Waals surface area contributed by atoms with Gasteiger partial charge in [0, 0.05) is 39.1 Å². The molecule has 2 aliphatic carbocycles. The molecule has 4 rings (SSSR count). The Morgan fingerprint density at radius 3 is 2.45 bits per heavy atom. The lowest BCUT2D eigenvalue weighted by Gasteiger charge is -2.43. The third kappa shape index (κ3) is 10.4. The van der Waals surface area contributed by atoms with Gasteiger partial charge in [0.1, 0.15) is 16.3 Å². The van der Waals surface area contributed by atoms with E-state index in [0.717, 1.165) is 49.9 Å². The largest absolute Gasteiger partial charge is 0.346 e. The fraction of sp³-hybridized carbons (Fsp3) is 0.675. The van der Waals surface area contributed by atoms with Crippen molar-refractivity contribution in [2.24, 2.45) is 22.7 Å². The van der Waals surface area contributed by atoms with Crippen molar-refractivity contribution in [3.8, 4) is 12.3 Å². The number of Topliss-reactive ketones (excluding diaryl/α,β-unsaturated/α-hetero) is 1. The van der Waals surface area contributed by atoms with Gasteiger partial charge < -0.3 is 26.2 Å². The monoisotopic (exact) mass is 800 g/mol. The predicted octanol–water partition coefficient (Wildman–Crippen LogP) is 4.21. The van der Waals surface area contributed by atoms with E-state index in [0.29, 0.717) is 25.8 Å². The molecule has 55 heavy (non-hydrogen) atoms. The lowest BCUT2D eigenvalue weighted by Crippen LogP contribution is -2.63. The number of amides is 5. The number of ketones is 1. The number of likely N-dealkylation sites (tertiary alicyclic amines) is 1. The molecule has 0 aromatic carbocycles. The van der Waals surface area contributed by atoms with Crippen LogP contribution < -0.4 is 21.3 Å². The number of sulfonamides is 1. The Labute approximate surface area is 331 Å². The van der Waals surface area contributed by atoms with Gasteiger partial charge in [-0.1, -0.05) is 65.5 Å². The lowest BCUT2D eigenvalue weighted by molar-refractivity contribution is -0.145. The van der Waals surface area contributed by atoms with Crippen LogP contribution in [0.3, 0.4) is 0 Å². The van der Waals surface area contributed by atoms with E-state index in [4.69, 9.17) is 6.42 Å². The molecule has 13 nitrogen and oxygen atoms in total. The van der Waals surface area contributed by atoms with Crippen LogP contribution >= 0.6 is 11.3 Å². The molecule has 1 aromatic rings. The van der Waals surface area contributed by atoms with E-state index < -0.39 is 68.6 Å². The minimum atomic E-state index is -3.80. The second kappa shape index (κ2) is 18.9. The molecule has 1 aliphatic heterocycles. The van der Waals surface area contributed by atoms with Gasteiger partial charge >= 0.3 is 6.03 Å². The van der Waals surface area contributed by atoms with Crippen LogP contribution in [0.15, 0.2) is 34.4 Å². The first-order valence-corrected chi connectivity index (χ1v) is 21.9. The molecule has 0 bridgehead atoms. The van der Waals surface area contributed by atoms with Gasteiger partial charge in [-0.2, -0.15) is 4.31 Å². The third-order valence-electron chi connectivity index (χ3n) is 12.3. The van der Waals surface area contributed by atoms with E-state index in [1.807, 2.05) is 27.7 Å². The van der Waals surface area contributed by atoms with E-state index in [1.54, 1.807) is 22.4 Å². The van der Waals surface area contributed by atoms with E-state index in [9.17, 15) is 32.4 Å². The Balaban J connectivity index is 1.61. The summed E-state index contributed by atoms with van der Waals surface area (Å²) in [7, 11) is -2.30. The summed E-state index contributed by atoms with van der Waals surface area (Å²) < 4.78 is 28.2. The number of hydrogen-bond acceptors (Lipinski definition) is 8. The number of nitrogens with one attached hydrogen (secondary N) is 4. The molecule has 5 amide bonds. The van der Waals surface area contributed by atoms with Crippen molar-refractivity contribution in [1.29, 1.82) is 0 Å².